The summed E-state index contributed by atoms with van der Waals surface area (Å²) >= 11 is 0. The molecule has 1 heterocycles. The van der Waals surface area contributed by atoms with E-state index in [9.17, 15) is 4.79 Å². The second-order valence-corrected chi connectivity index (χ2v) is 5.67. The van der Waals surface area contributed by atoms with Crippen molar-refractivity contribution in [2.45, 2.75) is 38.9 Å². The highest BCUT2D eigenvalue weighted by Gasteiger charge is 2.59. The van der Waals surface area contributed by atoms with Crippen LogP contribution in [-0.2, 0) is 14.3 Å². The molecule has 4 atom stereocenters. The summed E-state index contributed by atoms with van der Waals surface area (Å²) in [5.41, 5.74) is 0. The Bertz CT molecular complexity index is 304. The number of ether oxygens (including phenoxy) is 2. The van der Waals surface area contributed by atoms with E-state index in [1.807, 2.05) is 0 Å². The third-order valence-electron chi connectivity index (χ3n) is 4.94. The largest absolute Gasteiger partial charge is 0.347 e. The number of hydrogen-bond donors (Lipinski definition) is 0. The molecule has 0 aromatic rings. The fourth-order valence-electron chi connectivity index (χ4n) is 3.96. The van der Waals surface area contributed by atoms with Crippen LogP contribution in [0.1, 0.15) is 33.1 Å². The first-order chi connectivity index (χ1) is 7.64. The first kappa shape index (κ1) is 10.7. The number of Topliss-reactive ketones (excluding diaryl/α,β-unsaturated/α-hetero) is 1. The van der Waals surface area contributed by atoms with Gasteiger partial charge in [-0.2, -0.15) is 0 Å². The molecule has 16 heavy (non-hydrogen) atoms. The second-order valence-electron chi connectivity index (χ2n) is 5.67. The van der Waals surface area contributed by atoms with Gasteiger partial charge in [-0.1, -0.05) is 13.8 Å². The minimum atomic E-state index is -0.427. The van der Waals surface area contributed by atoms with Crippen molar-refractivity contribution >= 4 is 5.78 Å². The summed E-state index contributed by atoms with van der Waals surface area (Å²) in [4.78, 5) is 12.1. The van der Waals surface area contributed by atoms with Gasteiger partial charge in [0.25, 0.3) is 0 Å². The maximum atomic E-state index is 12.1. The Hall–Kier alpha value is -0.410. The summed E-state index contributed by atoms with van der Waals surface area (Å²) in [7, 11) is 0. The number of rotatable bonds is 0. The quantitative estimate of drug-likeness (QED) is 0.631. The van der Waals surface area contributed by atoms with E-state index in [1.54, 1.807) is 0 Å². The molecule has 1 spiro atoms. The van der Waals surface area contributed by atoms with Gasteiger partial charge in [-0.05, 0) is 18.3 Å². The number of hydrogen-bond acceptors (Lipinski definition) is 3. The van der Waals surface area contributed by atoms with Crippen LogP contribution in [0.2, 0.25) is 0 Å². The predicted molar refractivity (Wildman–Crippen MR) is 58.8 cm³/mol. The first-order valence-electron chi connectivity index (χ1n) is 6.45. The van der Waals surface area contributed by atoms with Crippen LogP contribution < -0.4 is 0 Å². The van der Waals surface area contributed by atoms with Crippen LogP contribution in [-0.4, -0.2) is 24.8 Å². The van der Waals surface area contributed by atoms with Crippen molar-refractivity contribution in [1.82, 2.24) is 0 Å². The third kappa shape index (κ3) is 1.31. The Morgan fingerprint density at radius 3 is 2.56 bits per heavy atom. The fourth-order valence-corrected chi connectivity index (χ4v) is 3.96. The molecular formula is C13H20O3. The second kappa shape index (κ2) is 3.54. The zero-order chi connectivity index (χ0) is 11.3. The molecule has 0 radical (unpaired) electrons. The zero-order valence-corrected chi connectivity index (χ0v) is 10.1. The van der Waals surface area contributed by atoms with Crippen molar-refractivity contribution in [2.75, 3.05) is 13.2 Å². The van der Waals surface area contributed by atoms with Crippen molar-refractivity contribution in [2.24, 2.45) is 23.7 Å². The average Bonchev–Trinajstić information content (AvgIpc) is 2.83. The van der Waals surface area contributed by atoms with Gasteiger partial charge in [0.1, 0.15) is 5.78 Å². The number of ketones is 1. The van der Waals surface area contributed by atoms with Gasteiger partial charge >= 0.3 is 0 Å². The summed E-state index contributed by atoms with van der Waals surface area (Å²) in [6.07, 6.45) is 2.72. The molecule has 0 aromatic heterocycles. The van der Waals surface area contributed by atoms with E-state index >= 15 is 0 Å². The lowest BCUT2D eigenvalue weighted by molar-refractivity contribution is -0.183. The molecule has 1 saturated heterocycles. The Kier molecular flexibility index (Phi) is 2.37. The Morgan fingerprint density at radius 2 is 1.94 bits per heavy atom. The minimum absolute atomic E-state index is 0.182. The molecule has 90 valence electrons. The van der Waals surface area contributed by atoms with E-state index in [1.165, 1.54) is 0 Å². The lowest BCUT2D eigenvalue weighted by Crippen LogP contribution is -2.37. The topological polar surface area (TPSA) is 35.5 Å². The Balaban J connectivity index is 1.91. The van der Waals surface area contributed by atoms with Gasteiger partial charge in [0.2, 0.25) is 0 Å². The standard InChI is InChI=1S/C13H20O3/c1-8-3-4-11(14)12-9(2)13(7-10(8)12)15-5-6-16-13/h8-10,12H,3-7H2,1-2H3/t8-,9+,10-,12+/m0/s1. The molecule has 2 saturated carbocycles. The highest BCUT2D eigenvalue weighted by molar-refractivity contribution is 5.83. The number of carbonyl (C=O) groups is 1. The average molecular weight is 224 g/mol. The number of carbonyl (C=O) groups excluding carboxylic acids is 1. The molecule has 0 amide bonds. The molecule has 0 bridgehead atoms. The summed E-state index contributed by atoms with van der Waals surface area (Å²) in [5.74, 6) is 1.54. The van der Waals surface area contributed by atoms with Gasteiger partial charge < -0.3 is 9.47 Å². The highest BCUT2D eigenvalue weighted by Crippen LogP contribution is 2.54. The lowest BCUT2D eigenvalue weighted by Gasteiger charge is -2.31. The molecule has 3 heteroatoms. The lowest BCUT2D eigenvalue weighted by atomic mass is 9.72. The van der Waals surface area contributed by atoms with E-state index < -0.39 is 5.79 Å². The van der Waals surface area contributed by atoms with Gasteiger partial charge in [0.05, 0.1) is 13.2 Å². The van der Waals surface area contributed by atoms with E-state index in [4.69, 9.17) is 9.47 Å². The molecule has 0 N–H and O–H groups in total. The van der Waals surface area contributed by atoms with Crippen LogP contribution in [0.15, 0.2) is 0 Å². The molecular weight excluding hydrogens is 204 g/mol. The van der Waals surface area contributed by atoms with Crippen molar-refractivity contribution in [3.05, 3.63) is 0 Å². The summed E-state index contributed by atoms with van der Waals surface area (Å²) in [5, 5.41) is 0. The monoisotopic (exact) mass is 224 g/mol. The van der Waals surface area contributed by atoms with Gasteiger partial charge in [-0.15, -0.1) is 0 Å². The van der Waals surface area contributed by atoms with E-state index in [0.717, 1.165) is 19.3 Å². The molecule has 0 unspecified atom stereocenters. The summed E-state index contributed by atoms with van der Waals surface area (Å²) in [6, 6.07) is 0. The maximum Gasteiger partial charge on any atom is 0.172 e. The molecule has 3 fully saturated rings. The fraction of sp³-hybridized carbons (Fsp3) is 0.923. The molecule has 1 aliphatic heterocycles. The van der Waals surface area contributed by atoms with Gasteiger partial charge in [0, 0.05) is 24.7 Å². The SMILES string of the molecule is C[C@@H]1[C@H]2C(=O)CC[C@H](C)[C@@H]2CC12OCCO2. The van der Waals surface area contributed by atoms with E-state index in [0.29, 0.717) is 30.8 Å². The van der Waals surface area contributed by atoms with Crippen molar-refractivity contribution in [1.29, 1.82) is 0 Å². The molecule has 3 aliphatic rings. The first-order valence-corrected chi connectivity index (χ1v) is 6.45. The van der Waals surface area contributed by atoms with Crippen molar-refractivity contribution in [3.63, 3.8) is 0 Å². The maximum absolute atomic E-state index is 12.1. The van der Waals surface area contributed by atoms with Crippen LogP contribution in [0.3, 0.4) is 0 Å². The normalized spacial score (nSPS) is 46.2. The predicted octanol–water partition coefficient (Wildman–Crippen LogP) is 2.00. The molecule has 0 aromatic carbocycles. The van der Waals surface area contributed by atoms with Crippen LogP contribution in [0.5, 0.6) is 0 Å². The van der Waals surface area contributed by atoms with Gasteiger partial charge in [0.15, 0.2) is 5.79 Å². The zero-order valence-electron chi connectivity index (χ0n) is 10.1. The van der Waals surface area contributed by atoms with Crippen molar-refractivity contribution < 1.29 is 14.3 Å². The molecule has 3 nitrogen and oxygen atoms in total. The van der Waals surface area contributed by atoms with E-state index in [-0.39, 0.29) is 11.8 Å². The minimum Gasteiger partial charge on any atom is -0.347 e. The van der Waals surface area contributed by atoms with Crippen molar-refractivity contribution in [3.8, 4) is 0 Å². The Morgan fingerprint density at radius 1 is 1.25 bits per heavy atom. The van der Waals surface area contributed by atoms with Crippen LogP contribution in [0.25, 0.3) is 0 Å². The van der Waals surface area contributed by atoms with Gasteiger partial charge in [-0.25, -0.2) is 0 Å². The Labute approximate surface area is 96.5 Å². The molecule has 2 aliphatic carbocycles. The smallest absolute Gasteiger partial charge is 0.172 e. The van der Waals surface area contributed by atoms with Crippen LogP contribution >= 0.6 is 0 Å². The third-order valence-corrected chi connectivity index (χ3v) is 4.94. The molecule has 3 rings (SSSR count). The van der Waals surface area contributed by atoms with Gasteiger partial charge in [-0.3, -0.25) is 4.79 Å². The number of fused-ring (bicyclic) bond motifs is 1. The van der Waals surface area contributed by atoms with Crippen LogP contribution in [0.4, 0.5) is 0 Å². The van der Waals surface area contributed by atoms with Crippen LogP contribution in [0, 0.1) is 23.7 Å². The van der Waals surface area contributed by atoms with E-state index in [2.05, 4.69) is 13.8 Å². The summed E-state index contributed by atoms with van der Waals surface area (Å²) < 4.78 is 11.7. The summed E-state index contributed by atoms with van der Waals surface area (Å²) in [6.45, 7) is 5.77. The highest BCUT2D eigenvalue weighted by atomic mass is 16.7.